The summed E-state index contributed by atoms with van der Waals surface area (Å²) >= 11 is 1.82. The number of rotatable bonds is 1. The molecule has 0 amide bonds. The molecule has 0 aliphatic carbocycles. The quantitative estimate of drug-likeness (QED) is 0.747. The molecule has 5 heteroatoms. The molecule has 1 aromatic heterocycles. The van der Waals surface area contributed by atoms with E-state index in [1.165, 1.54) is 13.0 Å². The number of nitriles is 1. The topological polar surface area (TPSA) is 36.7 Å². The van der Waals surface area contributed by atoms with Gasteiger partial charge in [0.15, 0.2) is 5.69 Å². The second-order valence-electron chi connectivity index (χ2n) is 2.41. The van der Waals surface area contributed by atoms with Gasteiger partial charge in [0.25, 0.3) is 6.43 Å². The van der Waals surface area contributed by atoms with Crippen LogP contribution in [0.3, 0.4) is 0 Å². The fraction of sp³-hybridized carbons (Fsp3) is 0.250. The first-order valence-corrected chi connectivity index (χ1v) is 4.49. The van der Waals surface area contributed by atoms with E-state index in [-0.39, 0.29) is 17.0 Å². The van der Waals surface area contributed by atoms with Crippen molar-refractivity contribution in [1.82, 2.24) is 4.98 Å². The molecule has 1 aromatic rings. The van der Waals surface area contributed by atoms with Crippen LogP contribution in [0.5, 0.6) is 0 Å². The van der Waals surface area contributed by atoms with Gasteiger partial charge in [0.2, 0.25) is 0 Å². The van der Waals surface area contributed by atoms with Gasteiger partial charge >= 0.3 is 0 Å². The maximum Gasteiger partial charge on any atom is 0.265 e. The van der Waals surface area contributed by atoms with Gasteiger partial charge in [0, 0.05) is 11.3 Å². The molecular formula is C8H5F2IN2. The van der Waals surface area contributed by atoms with Crippen LogP contribution in [-0.4, -0.2) is 4.98 Å². The Morgan fingerprint density at radius 2 is 2.23 bits per heavy atom. The maximum absolute atomic E-state index is 12.3. The van der Waals surface area contributed by atoms with Gasteiger partial charge < -0.3 is 0 Å². The molecule has 1 rings (SSSR count). The molecule has 0 spiro atoms. The fourth-order valence-electron chi connectivity index (χ4n) is 0.894. The number of halogens is 3. The summed E-state index contributed by atoms with van der Waals surface area (Å²) in [4.78, 5) is 3.76. The number of aromatic nitrogens is 1. The highest BCUT2D eigenvalue weighted by atomic mass is 127. The summed E-state index contributed by atoms with van der Waals surface area (Å²) in [6.45, 7) is 1.47. The molecule has 1 heterocycles. The monoisotopic (exact) mass is 294 g/mol. The van der Waals surface area contributed by atoms with Gasteiger partial charge in [0.1, 0.15) is 6.07 Å². The van der Waals surface area contributed by atoms with E-state index in [0.717, 1.165) is 0 Å². The molecular weight excluding hydrogens is 289 g/mol. The zero-order valence-electron chi connectivity index (χ0n) is 6.68. The third-order valence-corrected chi connectivity index (χ3v) is 2.37. The van der Waals surface area contributed by atoms with Crippen molar-refractivity contribution in [2.75, 3.05) is 0 Å². The Morgan fingerprint density at radius 1 is 1.62 bits per heavy atom. The van der Waals surface area contributed by atoms with E-state index < -0.39 is 6.43 Å². The lowest BCUT2D eigenvalue weighted by Crippen LogP contribution is -1.98. The van der Waals surface area contributed by atoms with Crippen molar-refractivity contribution >= 4 is 22.6 Å². The van der Waals surface area contributed by atoms with E-state index in [1.807, 2.05) is 28.7 Å². The Labute approximate surface area is 87.7 Å². The lowest BCUT2D eigenvalue weighted by molar-refractivity contribution is 0.150. The zero-order chi connectivity index (χ0) is 10.0. The lowest BCUT2D eigenvalue weighted by atomic mass is 10.2. The lowest BCUT2D eigenvalue weighted by Gasteiger charge is -2.04. The van der Waals surface area contributed by atoms with Gasteiger partial charge in [0.05, 0.1) is 3.57 Å². The highest BCUT2D eigenvalue weighted by Gasteiger charge is 2.14. The molecule has 0 saturated heterocycles. The minimum absolute atomic E-state index is 0.108. The van der Waals surface area contributed by atoms with E-state index in [1.54, 1.807) is 0 Å². The van der Waals surface area contributed by atoms with Gasteiger partial charge in [-0.3, -0.25) is 0 Å². The SMILES string of the molecule is Cc1nc(C#N)c(I)cc1C(F)F. The maximum atomic E-state index is 12.3. The summed E-state index contributed by atoms with van der Waals surface area (Å²) in [7, 11) is 0. The van der Waals surface area contributed by atoms with Crippen LogP contribution in [-0.2, 0) is 0 Å². The number of hydrogen-bond acceptors (Lipinski definition) is 2. The Morgan fingerprint density at radius 3 is 2.69 bits per heavy atom. The summed E-state index contributed by atoms with van der Waals surface area (Å²) in [5.74, 6) is 0. The van der Waals surface area contributed by atoms with E-state index >= 15 is 0 Å². The summed E-state index contributed by atoms with van der Waals surface area (Å²) in [6, 6.07) is 3.14. The molecule has 0 radical (unpaired) electrons. The van der Waals surface area contributed by atoms with Crippen molar-refractivity contribution in [2.45, 2.75) is 13.3 Å². The largest absolute Gasteiger partial charge is 0.265 e. The molecule has 0 aliphatic rings. The molecule has 0 atom stereocenters. The number of pyridine rings is 1. The molecule has 13 heavy (non-hydrogen) atoms. The van der Waals surface area contributed by atoms with E-state index in [9.17, 15) is 8.78 Å². The minimum Gasteiger partial charge on any atom is -0.241 e. The van der Waals surface area contributed by atoms with Crippen molar-refractivity contribution in [3.63, 3.8) is 0 Å². The molecule has 0 N–H and O–H groups in total. The van der Waals surface area contributed by atoms with Gasteiger partial charge in [-0.05, 0) is 35.6 Å². The second kappa shape index (κ2) is 3.96. The predicted octanol–water partition coefficient (Wildman–Crippen LogP) is 2.80. The average Bonchev–Trinajstić information content (AvgIpc) is 2.07. The van der Waals surface area contributed by atoms with Crippen molar-refractivity contribution in [3.05, 3.63) is 26.6 Å². The van der Waals surface area contributed by atoms with Crippen molar-refractivity contribution in [1.29, 1.82) is 5.26 Å². The summed E-state index contributed by atoms with van der Waals surface area (Å²) in [6.07, 6.45) is -2.53. The number of alkyl halides is 2. The number of aryl methyl sites for hydroxylation is 1. The van der Waals surface area contributed by atoms with Crippen molar-refractivity contribution < 1.29 is 8.78 Å². The van der Waals surface area contributed by atoms with Crippen LogP contribution >= 0.6 is 22.6 Å². The first-order chi connectivity index (χ1) is 6.06. The van der Waals surface area contributed by atoms with Crippen LogP contribution in [0.4, 0.5) is 8.78 Å². The van der Waals surface area contributed by atoms with Gasteiger partial charge in [-0.2, -0.15) is 5.26 Å². The number of nitrogens with zero attached hydrogens (tertiary/aromatic N) is 2. The highest BCUT2D eigenvalue weighted by Crippen LogP contribution is 2.24. The molecule has 0 aliphatic heterocycles. The van der Waals surface area contributed by atoms with Crippen LogP contribution < -0.4 is 0 Å². The van der Waals surface area contributed by atoms with Crippen LogP contribution in [0.15, 0.2) is 6.07 Å². The van der Waals surface area contributed by atoms with E-state index in [0.29, 0.717) is 3.57 Å². The van der Waals surface area contributed by atoms with Gasteiger partial charge in [-0.1, -0.05) is 0 Å². The average molecular weight is 294 g/mol. The first-order valence-electron chi connectivity index (χ1n) is 3.41. The fourth-order valence-corrected chi connectivity index (χ4v) is 1.47. The molecule has 0 fully saturated rings. The first kappa shape index (κ1) is 10.3. The minimum atomic E-state index is -2.53. The summed E-state index contributed by atoms with van der Waals surface area (Å²) < 4.78 is 25.1. The van der Waals surface area contributed by atoms with Crippen LogP contribution in [0, 0.1) is 21.8 Å². The highest BCUT2D eigenvalue weighted by molar-refractivity contribution is 14.1. The van der Waals surface area contributed by atoms with Crippen molar-refractivity contribution in [2.24, 2.45) is 0 Å². The molecule has 0 saturated carbocycles. The van der Waals surface area contributed by atoms with E-state index in [4.69, 9.17) is 5.26 Å². The van der Waals surface area contributed by atoms with Gasteiger partial charge in [-0.15, -0.1) is 0 Å². The normalized spacial score (nSPS) is 10.2. The summed E-state index contributed by atoms with van der Waals surface area (Å²) in [5, 5.41) is 8.57. The van der Waals surface area contributed by atoms with Crippen molar-refractivity contribution in [3.8, 4) is 6.07 Å². The smallest absolute Gasteiger partial charge is 0.241 e. The Kier molecular flexibility index (Phi) is 3.14. The third kappa shape index (κ3) is 2.12. The molecule has 0 aromatic carbocycles. The van der Waals surface area contributed by atoms with Crippen LogP contribution in [0.2, 0.25) is 0 Å². The second-order valence-corrected chi connectivity index (χ2v) is 3.57. The molecule has 2 nitrogen and oxygen atoms in total. The zero-order valence-corrected chi connectivity index (χ0v) is 8.84. The molecule has 0 bridgehead atoms. The van der Waals surface area contributed by atoms with Gasteiger partial charge in [-0.25, -0.2) is 13.8 Å². The Bertz CT molecular complexity index is 371. The molecule has 0 unspecified atom stereocenters. The summed E-state index contributed by atoms with van der Waals surface area (Å²) in [5.41, 5.74) is 0.304. The third-order valence-electron chi connectivity index (χ3n) is 1.55. The predicted molar refractivity (Wildman–Crippen MR) is 51.4 cm³/mol. The van der Waals surface area contributed by atoms with E-state index in [2.05, 4.69) is 4.98 Å². The van der Waals surface area contributed by atoms with Crippen LogP contribution in [0.1, 0.15) is 23.4 Å². The Balaban J connectivity index is 3.31. The standard InChI is InChI=1S/C8H5F2IN2/c1-4-5(8(9)10)2-6(11)7(3-12)13-4/h2,8H,1H3. The molecule has 68 valence electrons. The number of hydrogen-bond donors (Lipinski definition) is 0. The van der Waals surface area contributed by atoms with Crippen LogP contribution in [0.25, 0.3) is 0 Å². The Hall–Kier alpha value is -0.770.